The molecule has 0 aliphatic carbocycles. The Balaban J connectivity index is 2.68. The molecular formula is C10H15ClN2. The van der Waals surface area contributed by atoms with E-state index in [-0.39, 0.29) is 0 Å². The van der Waals surface area contributed by atoms with Crippen LogP contribution in [0.2, 0.25) is 0 Å². The molecular weight excluding hydrogens is 184 g/mol. The second-order valence-electron chi connectivity index (χ2n) is 3.16. The molecule has 0 spiro atoms. The highest BCUT2D eigenvalue weighted by atomic mass is 35.5. The van der Waals surface area contributed by atoms with Crippen LogP contribution in [-0.4, -0.2) is 15.7 Å². The summed E-state index contributed by atoms with van der Waals surface area (Å²) in [6.07, 6.45) is 7.08. The molecule has 0 radical (unpaired) electrons. The van der Waals surface area contributed by atoms with Crippen molar-refractivity contribution in [1.82, 2.24) is 9.78 Å². The predicted molar refractivity (Wildman–Crippen MR) is 56.9 cm³/mol. The van der Waals surface area contributed by atoms with Crippen LogP contribution in [-0.2, 0) is 6.54 Å². The number of rotatable bonds is 4. The van der Waals surface area contributed by atoms with Gasteiger partial charge in [-0.15, -0.1) is 11.6 Å². The molecule has 0 atom stereocenters. The standard InChI is InChI=1S/C10H15ClN2/c1-3-4-13-8-10(7-12-13)5-9(2)6-11/h5,7-8H,3-4,6H2,1-2H3/b9-5-. The molecule has 0 amide bonds. The number of halogens is 1. The Morgan fingerprint density at radius 3 is 3.08 bits per heavy atom. The Kier molecular flexibility index (Phi) is 4.03. The maximum atomic E-state index is 5.67. The van der Waals surface area contributed by atoms with E-state index >= 15 is 0 Å². The molecule has 1 heterocycles. The number of hydrogen-bond acceptors (Lipinski definition) is 1. The van der Waals surface area contributed by atoms with Crippen LogP contribution >= 0.6 is 11.6 Å². The average molecular weight is 199 g/mol. The lowest BCUT2D eigenvalue weighted by Crippen LogP contribution is -1.95. The maximum Gasteiger partial charge on any atom is 0.0562 e. The topological polar surface area (TPSA) is 17.8 Å². The zero-order chi connectivity index (χ0) is 9.68. The quantitative estimate of drug-likeness (QED) is 0.681. The molecule has 0 aliphatic heterocycles. The number of hydrogen-bond donors (Lipinski definition) is 0. The van der Waals surface area contributed by atoms with Crippen molar-refractivity contribution in [2.24, 2.45) is 0 Å². The molecule has 1 rings (SSSR count). The molecule has 0 aromatic carbocycles. The molecule has 0 saturated heterocycles. The summed E-state index contributed by atoms with van der Waals surface area (Å²) in [5, 5.41) is 4.22. The number of nitrogens with zero attached hydrogens (tertiary/aromatic N) is 2. The van der Waals surface area contributed by atoms with Crippen LogP contribution in [0.4, 0.5) is 0 Å². The monoisotopic (exact) mass is 198 g/mol. The van der Waals surface area contributed by atoms with Crippen molar-refractivity contribution in [2.75, 3.05) is 5.88 Å². The molecule has 0 bridgehead atoms. The van der Waals surface area contributed by atoms with E-state index in [1.807, 2.05) is 24.0 Å². The first-order valence-electron chi connectivity index (χ1n) is 4.52. The lowest BCUT2D eigenvalue weighted by atomic mass is 10.2. The van der Waals surface area contributed by atoms with E-state index in [9.17, 15) is 0 Å². The summed E-state index contributed by atoms with van der Waals surface area (Å²) in [6.45, 7) is 5.14. The largest absolute Gasteiger partial charge is 0.272 e. The van der Waals surface area contributed by atoms with E-state index in [1.54, 1.807) is 0 Å². The van der Waals surface area contributed by atoms with Crippen LogP contribution in [0.5, 0.6) is 0 Å². The van der Waals surface area contributed by atoms with Crippen LogP contribution in [0.1, 0.15) is 25.8 Å². The number of aryl methyl sites for hydroxylation is 1. The fourth-order valence-corrected chi connectivity index (χ4v) is 1.21. The normalized spacial score (nSPS) is 12.1. The Hall–Kier alpha value is -0.760. The van der Waals surface area contributed by atoms with Gasteiger partial charge in [-0.25, -0.2) is 0 Å². The van der Waals surface area contributed by atoms with E-state index in [0.717, 1.165) is 24.1 Å². The number of alkyl halides is 1. The molecule has 3 heteroatoms. The molecule has 0 aliphatic rings. The Labute approximate surface area is 84.2 Å². The summed E-state index contributed by atoms with van der Waals surface area (Å²) in [5.41, 5.74) is 2.30. The third-order valence-corrected chi connectivity index (χ3v) is 2.15. The molecule has 1 aromatic rings. The van der Waals surface area contributed by atoms with Gasteiger partial charge in [-0.05, 0) is 13.3 Å². The summed E-state index contributed by atoms with van der Waals surface area (Å²) in [4.78, 5) is 0. The van der Waals surface area contributed by atoms with E-state index in [1.165, 1.54) is 0 Å². The fourth-order valence-electron chi connectivity index (χ4n) is 1.13. The van der Waals surface area contributed by atoms with Gasteiger partial charge < -0.3 is 0 Å². The summed E-state index contributed by atoms with van der Waals surface area (Å²) in [7, 11) is 0. The molecule has 0 fully saturated rings. The van der Waals surface area contributed by atoms with Crippen molar-refractivity contribution in [1.29, 1.82) is 0 Å². The molecule has 1 aromatic heterocycles. The highest BCUT2D eigenvalue weighted by Gasteiger charge is 1.94. The highest BCUT2D eigenvalue weighted by molar-refractivity contribution is 6.19. The Morgan fingerprint density at radius 2 is 2.46 bits per heavy atom. The van der Waals surface area contributed by atoms with Crippen molar-refractivity contribution < 1.29 is 0 Å². The van der Waals surface area contributed by atoms with Gasteiger partial charge in [0.05, 0.1) is 6.20 Å². The van der Waals surface area contributed by atoms with Gasteiger partial charge >= 0.3 is 0 Å². The SMILES string of the molecule is CCCn1cc(/C=C(/C)CCl)cn1. The zero-order valence-corrected chi connectivity index (χ0v) is 8.88. The van der Waals surface area contributed by atoms with Crippen LogP contribution in [0.3, 0.4) is 0 Å². The lowest BCUT2D eigenvalue weighted by Gasteiger charge is -1.94. The first kappa shape index (κ1) is 10.3. The van der Waals surface area contributed by atoms with E-state index in [2.05, 4.69) is 18.1 Å². The molecule has 0 N–H and O–H groups in total. The van der Waals surface area contributed by atoms with Gasteiger partial charge in [-0.2, -0.15) is 5.10 Å². The summed E-state index contributed by atoms with van der Waals surface area (Å²) in [5.74, 6) is 0.582. The van der Waals surface area contributed by atoms with Gasteiger partial charge in [0.1, 0.15) is 0 Å². The Morgan fingerprint density at radius 1 is 1.69 bits per heavy atom. The Bertz CT molecular complexity index is 289. The average Bonchev–Trinajstić information content (AvgIpc) is 2.53. The van der Waals surface area contributed by atoms with Crippen LogP contribution < -0.4 is 0 Å². The van der Waals surface area contributed by atoms with Crippen molar-refractivity contribution in [3.05, 3.63) is 23.5 Å². The molecule has 0 unspecified atom stereocenters. The molecule has 2 nitrogen and oxygen atoms in total. The summed E-state index contributed by atoms with van der Waals surface area (Å²) < 4.78 is 1.95. The third-order valence-electron chi connectivity index (χ3n) is 1.73. The zero-order valence-electron chi connectivity index (χ0n) is 8.13. The molecule has 13 heavy (non-hydrogen) atoms. The van der Waals surface area contributed by atoms with Crippen LogP contribution in [0.25, 0.3) is 6.08 Å². The van der Waals surface area contributed by atoms with Gasteiger partial charge in [0, 0.05) is 24.2 Å². The third kappa shape index (κ3) is 3.23. The van der Waals surface area contributed by atoms with Crippen LogP contribution in [0, 0.1) is 0 Å². The van der Waals surface area contributed by atoms with Gasteiger partial charge in [-0.3, -0.25) is 4.68 Å². The number of allylic oxidation sites excluding steroid dienone is 1. The minimum absolute atomic E-state index is 0.582. The second kappa shape index (κ2) is 5.07. The van der Waals surface area contributed by atoms with Gasteiger partial charge in [0.2, 0.25) is 0 Å². The fraction of sp³-hybridized carbons (Fsp3) is 0.500. The van der Waals surface area contributed by atoms with Crippen molar-refractivity contribution >= 4 is 17.7 Å². The minimum Gasteiger partial charge on any atom is -0.272 e. The molecule has 0 saturated carbocycles. The smallest absolute Gasteiger partial charge is 0.0562 e. The van der Waals surface area contributed by atoms with E-state index in [0.29, 0.717) is 5.88 Å². The first-order valence-corrected chi connectivity index (χ1v) is 5.05. The first-order chi connectivity index (χ1) is 6.26. The predicted octanol–water partition coefficient (Wildman–Crippen LogP) is 2.94. The summed E-state index contributed by atoms with van der Waals surface area (Å²) >= 11 is 5.67. The van der Waals surface area contributed by atoms with Gasteiger partial charge in [0.25, 0.3) is 0 Å². The van der Waals surface area contributed by atoms with Crippen molar-refractivity contribution in [2.45, 2.75) is 26.8 Å². The van der Waals surface area contributed by atoms with Gasteiger partial charge in [-0.1, -0.05) is 18.6 Å². The van der Waals surface area contributed by atoms with Crippen molar-refractivity contribution in [3.63, 3.8) is 0 Å². The number of aromatic nitrogens is 2. The maximum absolute atomic E-state index is 5.67. The van der Waals surface area contributed by atoms with E-state index < -0.39 is 0 Å². The van der Waals surface area contributed by atoms with Crippen LogP contribution in [0.15, 0.2) is 18.0 Å². The highest BCUT2D eigenvalue weighted by Crippen LogP contribution is 2.06. The summed E-state index contributed by atoms with van der Waals surface area (Å²) in [6, 6.07) is 0. The molecule has 72 valence electrons. The lowest BCUT2D eigenvalue weighted by molar-refractivity contribution is 0.602. The van der Waals surface area contributed by atoms with Crippen molar-refractivity contribution in [3.8, 4) is 0 Å². The van der Waals surface area contributed by atoms with E-state index in [4.69, 9.17) is 11.6 Å². The van der Waals surface area contributed by atoms with Gasteiger partial charge in [0.15, 0.2) is 0 Å². The second-order valence-corrected chi connectivity index (χ2v) is 3.43. The minimum atomic E-state index is 0.582.